The third-order valence-corrected chi connectivity index (χ3v) is 0.959. The van der Waals surface area contributed by atoms with Crippen LogP contribution >= 0.6 is 0 Å². The Labute approximate surface area is 60.0 Å². The minimum Gasteiger partial charge on any atom is -0.388 e. The molecular formula is C7H10N2O. The lowest BCUT2D eigenvalue weighted by atomic mass is 10.5. The first-order valence-electron chi connectivity index (χ1n) is 3.24. The van der Waals surface area contributed by atoms with Gasteiger partial charge < -0.3 is 4.84 Å². The smallest absolute Gasteiger partial charge is 0.237 e. The van der Waals surface area contributed by atoms with Crippen LogP contribution in [0.2, 0.25) is 0 Å². The minimum atomic E-state index is 0.601. The van der Waals surface area contributed by atoms with Gasteiger partial charge in [0.05, 0.1) is 0 Å². The number of pyridine rings is 1. The van der Waals surface area contributed by atoms with Crippen LogP contribution < -0.4 is 10.3 Å². The van der Waals surface area contributed by atoms with Crippen LogP contribution in [0, 0.1) is 0 Å². The Bertz CT molecular complexity index is 176. The first-order valence-corrected chi connectivity index (χ1v) is 3.24. The molecule has 1 heterocycles. The van der Waals surface area contributed by atoms with E-state index in [0.29, 0.717) is 5.88 Å². The van der Waals surface area contributed by atoms with Gasteiger partial charge in [-0.05, 0) is 13.0 Å². The first kappa shape index (κ1) is 7.02. The summed E-state index contributed by atoms with van der Waals surface area (Å²) in [6, 6.07) is 5.52. The molecule has 0 radical (unpaired) electrons. The van der Waals surface area contributed by atoms with E-state index >= 15 is 0 Å². The lowest BCUT2D eigenvalue weighted by molar-refractivity contribution is 0.193. The predicted octanol–water partition coefficient (Wildman–Crippen LogP) is 0.985. The quantitative estimate of drug-likeness (QED) is 0.632. The first-order chi connectivity index (χ1) is 4.93. The molecule has 0 aliphatic carbocycles. The monoisotopic (exact) mass is 138 g/mol. The number of aromatic nitrogens is 1. The van der Waals surface area contributed by atoms with Crippen LogP contribution in [0.25, 0.3) is 0 Å². The molecule has 1 aromatic heterocycles. The molecule has 0 atom stereocenters. The molecule has 0 spiro atoms. The van der Waals surface area contributed by atoms with Crippen molar-refractivity contribution < 1.29 is 4.84 Å². The van der Waals surface area contributed by atoms with Gasteiger partial charge in [-0.1, -0.05) is 6.07 Å². The van der Waals surface area contributed by atoms with Crippen molar-refractivity contribution in [2.45, 2.75) is 6.92 Å². The Hall–Kier alpha value is -1.09. The Morgan fingerprint density at radius 1 is 1.60 bits per heavy atom. The molecule has 0 unspecified atom stereocenters. The van der Waals surface area contributed by atoms with Crippen LogP contribution in [0.3, 0.4) is 0 Å². The molecule has 3 nitrogen and oxygen atoms in total. The fourth-order valence-electron chi connectivity index (χ4n) is 0.554. The molecule has 1 rings (SSSR count). The van der Waals surface area contributed by atoms with Gasteiger partial charge in [0.15, 0.2) is 0 Å². The van der Waals surface area contributed by atoms with Crippen molar-refractivity contribution in [2.75, 3.05) is 6.54 Å². The molecule has 0 aliphatic heterocycles. The second kappa shape index (κ2) is 3.85. The lowest BCUT2D eigenvalue weighted by Crippen LogP contribution is -2.17. The summed E-state index contributed by atoms with van der Waals surface area (Å²) in [6.45, 7) is 2.74. The molecule has 0 saturated carbocycles. The van der Waals surface area contributed by atoms with Crippen LogP contribution in [-0.2, 0) is 0 Å². The van der Waals surface area contributed by atoms with Crippen molar-refractivity contribution in [3.63, 3.8) is 0 Å². The highest BCUT2D eigenvalue weighted by atomic mass is 16.7. The van der Waals surface area contributed by atoms with Crippen molar-refractivity contribution in [3.8, 4) is 5.88 Å². The van der Waals surface area contributed by atoms with E-state index in [1.807, 2.05) is 19.1 Å². The fraction of sp³-hybridized carbons (Fsp3) is 0.286. The van der Waals surface area contributed by atoms with Gasteiger partial charge in [-0.15, -0.1) is 0 Å². The van der Waals surface area contributed by atoms with Gasteiger partial charge in [0, 0.05) is 18.8 Å². The topological polar surface area (TPSA) is 34.1 Å². The van der Waals surface area contributed by atoms with Gasteiger partial charge in [-0.2, -0.15) is 5.48 Å². The normalized spacial score (nSPS) is 9.30. The SMILES string of the molecule is CCNOc1ccccn1. The molecule has 10 heavy (non-hydrogen) atoms. The van der Waals surface area contributed by atoms with E-state index in [2.05, 4.69) is 10.5 Å². The molecule has 0 bridgehead atoms. The summed E-state index contributed by atoms with van der Waals surface area (Å²) < 4.78 is 0. The highest BCUT2D eigenvalue weighted by Crippen LogP contribution is 1.99. The zero-order chi connectivity index (χ0) is 7.23. The number of hydroxylamine groups is 1. The second-order valence-electron chi connectivity index (χ2n) is 1.77. The molecule has 0 aliphatic rings. The maximum absolute atomic E-state index is 4.99. The lowest BCUT2D eigenvalue weighted by Gasteiger charge is -2.01. The van der Waals surface area contributed by atoms with Crippen LogP contribution in [0.5, 0.6) is 5.88 Å². The van der Waals surface area contributed by atoms with Crippen molar-refractivity contribution in [2.24, 2.45) is 0 Å². The number of rotatable bonds is 3. The van der Waals surface area contributed by atoms with Gasteiger partial charge >= 0.3 is 0 Å². The molecule has 54 valence electrons. The standard InChI is InChI=1S/C7H10N2O/c1-2-9-10-7-5-3-4-6-8-7/h3-6,9H,2H2,1H3. The average molecular weight is 138 g/mol. The highest BCUT2D eigenvalue weighted by molar-refractivity contribution is 5.08. The predicted molar refractivity (Wildman–Crippen MR) is 38.5 cm³/mol. The van der Waals surface area contributed by atoms with Gasteiger partial charge in [0.2, 0.25) is 5.88 Å². The van der Waals surface area contributed by atoms with Gasteiger partial charge in [-0.3, -0.25) is 0 Å². The number of nitrogens with zero attached hydrogens (tertiary/aromatic N) is 1. The van der Waals surface area contributed by atoms with Crippen LogP contribution in [0.15, 0.2) is 24.4 Å². The van der Waals surface area contributed by atoms with Crippen LogP contribution in [-0.4, -0.2) is 11.5 Å². The zero-order valence-electron chi connectivity index (χ0n) is 5.87. The summed E-state index contributed by atoms with van der Waals surface area (Å²) in [7, 11) is 0. The minimum absolute atomic E-state index is 0.601. The van der Waals surface area contributed by atoms with E-state index in [1.165, 1.54) is 0 Å². The second-order valence-corrected chi connectivity index (χ2v) is 1.77. The summed E-state index contributed by atoms with van der Waals surface area (Å²) in [4.78, 5) is 8.93. The molecular weight excluding hydrogens is 128 g/mol. The molecule has 1 aromatic rings. The van der Waals surface area contributed by atoms with Crippen LogP contribution in [0.4, 0.5) is 0 Å². The van der Waals surface area contributed by atoms with E-state index in [9.17, 15) is 0 Å². The summed E-state index contributed by atoms with van der Waals surface area (Å²) in [5, 5.41) is 0. The Kier molecular flexibility index (Phi) is 2.70. The van der Waals surface area contributed by atoms with E-state index in [0.717, 1.165) is 6.54 Å². The largest absolute Gasteiger partial charge is 0.388 e. The maximum Gasteiger partial charge on any atom is 0.237 e. The molecule has 3 heteroatoms. The van der Waals surface area contributed by atoms with E-state index in [1.54, 1.807) is 12.3 Å². The highest BCUT2D eigenvalue weighted by Gasteiger charge is 1.87. The Morgan fingerprint density at radius 2 is 2.50 bits per heavy atom. The Balaban J connectivity index is 2.43. The van der Waals surface area contributed by atoms with Crippen molar-refractivity contribution in [1.82, 2.24) is 10.5 Å². The van der Waals surface area contributed by atoms with Crippen LogP contribution in [0.1, 0.15) is 6.92 Å². The summed E-state index contributed by atoms with van der Waals surface area (Å²) >= 11 is 0. The van der Waals surface area contributed by atoms with E-state index in [4.69, 9.17) is 4.84 Å². The van der Waals surface area contributed by atoms with Gasteiger partial charge in [0.25, 0.3) is 0 Å². The number of hydrogen-bond acceptors (Lipinski definition) is 3. The fourth-order valence-corrected chi connectivity index (χ4v) is 0.554. The molecule has 0 saturated heterocycles. The number of hydrogen-bond donors (Lipinski definition) is 1. The third kappa shape index (κ3) is 2.03. The molecule has 0 amide bonds. The van der Waals surface area contributed by atoms with Crippen molar-refractivity contribution in [3.05, 3.63) is 24.4 Å². The Morgan fingerprint density at radius 3 is 3.10 bits per heavy atom. The van der Waals surface area contributed by atoms with E-state index in [-0.39, 0.29) is 0 Å². The number of nitrogens with one attached hydrogen (secondary N) is 1. The third-order valence-electron chi connectivity index (χ3n) is 0.959. The van der Waals surface area contributed by atoms with Crippen molar-refractivity contribution in [1.29, 1.82) is 0 Å². The maximum atomic E-state index is 4.99. The zero-order valence-corrected chi connectivity index (χ0v) is 5.87. The molecule has 0 aromatic carbocycles. The van der Waals surface area contributed by atoms with E-state index < -0.39 is 0 Å². The molecule has 0 fully saturated rings. The molecule has 1 N–H and O–H groups in total. The van der Waals surface area contributed by atoms with Crippen molar-refractivity contribution >= 4 is 0 Å². The summed E-state index contributed by atoms with van der Waals surface area (Å²) in [6.07, 6.45) is 1.69. The summed E-state index contributed by atoms with van der Waals surface area (Å²) in [5.74, 6) is 0.601. The van der Waals surface area contributed by atoms with Gasteiger partial charge in [-0.25, -0.2) is 4.98 Å². The van der Waals surface area contributed by atoms with Gasteiger partial charge in [0.1, 0.15) is 0 Å². The summed E-state index contributed by atoms with van der Waals surface area (Å²) in [5.41, 5.74) is 2.70. The average Bonchev–Trinajstić information content (AvgIpc) is 2.03.